The van der Waals surface area contributed by atoms with Crippen LogP contribution >= 0.6 is 12.6 Å². The van der Waals surface area contributed by atoms with Crippen molar-refractivity contribution in [2.75, 3.05) is 0 Å². The molecule has 6 nitrogen and oxygen atoms in total. The molecule has 0 aliphatic rings. The fourth-order valence-corrected chi connectivity index (χ4v) is 9.87. The van der Waals surface area contributed by atoms with Gasteiger partial charge in [0.2, 0.25) is 0 Å². The van der Waals surface area contributed by atoms with Gasteiger partial charge in [-0.05, 0) is 93.6 Å². The standard InChI is InChI=1S/C59H100O6S/c1-15-17-19-21-23-25-27-29-31-33-35-37-59(66,36-34-32-30-28-26-24-22-20-18-16-2)65-53(64)58(52(62)63,42-44-38-46(54(3,4)5)50(60)47(39-44)55(6,7)8)43-45-40-48(56(9,10)11)51(61)49(41-45)57(12,13)14/h38-41,60-61,66H,15-37,42-43H2,1-14H3,(H,62,63). The van der Waals surface area contributed by atoms with Crippen LogP contribution < -0.4 is 0 Å². The van der Waals surface area contributed by atoms with Crippen molar-refractivity contribution < 1.29 is 29.6 Å². The monoisotopic (exact) mass is 937 g/mol. The molecule has 2 rings (SSSR count). The molecular formula is C59H100O6S. The lowest BCUT2D eigenvalue weighted by atomic mass is 9.71. The smallest absolute Gasteiger partial charge is 0.325 e. The number of carboxylic acid groups (broad SMARTS) is 1. The average molecular weight is 938 g/mol. The molecule has 3 N–H and O–H groups in total. The quantitative estimate of drug-likeness (QED) is 0.0205. The molecule has 1 atom stereocenters. The summed E-state index contributed by atoms with van der Waals surface area (Å²) in [5.74, 6) is -1.65. The zero-order chi connectivity index (χ0) is 50.0. The fourth-order valence-electron chi connectivity index (χ4n) is 9.47. The first-order valence-electron chi connectivity index (χ1n) is 26.6. The Bertz CT molecular complexity index is 1610. The summed E-state index contributed by atoms with van der Waals surface area (Å²) in [6, 6.07) is 7.54. The number of benzene rings is 2. The molecule has 0 aromatic heterocycles. The van der Waals surface area contributed by atoms with Gasteiger partial charge in [-0.25, -0.2) is 0 Å². The molecule has 0 saturated carbocycles. The Labute approximate surface area is 411 Å². The van der Waals surface area contributed by atoms with Crippen LogP contribution in [0.5, 0.6) is 11.5 Å². The fraction of sp³-hybridized carbons (Fsp3) is 0.763. The Hall–Kier alpha value is -2.67. The number of aliphatic carboxylic acids is 1. The summed E-state index contributed by atoms with van der Waals surface area (Å²) in [5.41, 5.74) is 0.213. The molecule has 0 aliphatic heterocycles. The number of ether oxygens (including phenoxy) is 1. The van der Waals surface area contributed by atoms with Crippen LogP contribution in [-0.2, 0) is 48.8 Å². The number of carbonyl (C=O) groups excluding carboxylic acids is 1. The number of phenolic OH excluding ortho intramolecular Hbond substituents is 2. The van der Waals surface area contributed by atoms with Crippen molar-refractivity contribution >= 4 is 24.6 Å². The number of hydrogen-bond acceptors (Lipinski definition) is 6. The predicted octanol–water partition coefficient (Wildman–Crippen LogP) is 17.3. The van der Waals surface area contributed by atoms with Crippen LogP contribution in [0.4, 0.5) is 0 Å². The minimum absolute atomic E-state index is 0.148. The third-order valence-electron chi connectivity index (χ3n) is 13.8. The minimum atomic E-state index is -2.05. The van der Waals surface area contributed by atoms with Gasteiger partial charge in [0, 0.05) is 0 Å². The summed E-state index contributed by atoms with van der Waals surface area (Å²) in [6.45, 7) is 28.9. The third kappa shape index (κ3) is 19.4. The van der Waals surface area contributed by atoms with Crippen LogP contribution in [0.3, 0.4) is 0 Å². The van der Waals surface area contributed by atoms with Gasteiger partial charge in [0.05, 0.1) is 0 Å². The average Bonchev–Trinajstić information content (AvgIpc) is 3.19. The zero-order valence-electron chi connectivity index (χ0n) is 45.0. The van der Waals surface area contributed by atoms with Gasteiger partial charge >= 0.3 is 11.9 Å². The Morgan fingerprint density at radius 3 is 0.924 bits per heavy atom. The number of thiol groups is 1. The maximum atomic E-state index is 15.4. The summed E-state index contributed by atoms with van der Waals surface area (Å²) in [7, 11) is 0. The van der Waals surface area contributed by atoms with Crippen molar-refractivity contribution in [1.82, 2.24) is 0 Å². The van der Waals surface area contributed by atoms with E-state index in [1.54, 1.807) is 0 Å². The van der Waals surface area contributed by atoms with Crippen molar-refractivity contribution in [3.05, 3.63) is 57.6 Å². The Kier molecular flexibility index (Phi) is 24.2. The molecule has 7 heteroatoms. The molecule has 2 aromatic carbocycles. The van der Waals surface area contributed by atoms with E-state index in [0.29, 0.717) is 46.2 Å². The normalized spacial score (nSPS) is 13.8. The van der Waals surface area contributed by atoms with Gasteiger partial charge in [0.15, 0.2) is 10.3 Å². The second kappa shape index (κ2) is 26.9. The molecule has 0 aliphatic carbocycles. The summed E-state index contributed by atoms with van der Waals surface area (Å²) in [6.07, 6.45) is 25.8. The van der Waals surface area contributed by atoms with Crippen LogP contribution in [0.2, 0.25) is 0 Å². The largest absolute Gasteiger partial charge is 0.507 e. The van der Waals surface area contributed by atoms with Gasteiger partial charge in [-0.1, -0.05) is 243 Å². The number of rotatable bonds is 30. The molecule has 0 amide bonds. The highest BCUT2D eigenvalue weighted by molar-refractivity contribution is 7.81. The first-order chi connectivity index (χ1) is 30.6. The minimum Gasteiger partial charge on any atom is -0.507 e. The number of phenols is 2. The Morgan fingerprint density at radius 2 is 0.697 bits per heavy atom. The maximum Gasteiger partial charge on any atom is 0.325 e. The molecule has 0 heterocycles. The van der Waals surface area contributed by atoms with E-state index in [9.17, 15) is 20.1 Å². The summed E-state index contributed by atoms with van der Waals surface area (Å²) in [4.78, 5) is 28.6. The van der Waals surface area contributed by atoms with Crippen LogP contribution in [-0.4, -0.2) is 32.2 Å². The lowest BCUT2D eigenvalue weighted by molar-refractivity contribution is -0.175. The maximum absolute atomic E-state index is 15.4. The highest BCUT2D eigenvalue weighted by atomic mass is 32.1. The van der Waals surface area contributed by atoms with E-state index in [-0.39, 0.29) is 24.3 Å². The summed E-state index contributed by atoms with van der Waals surface area (Å²) >= 11 is 5.24. The van der Waals surface area contributed by atoms with Crippen LogP contribution in [0, 0.1) is 5.41 Å². The topological polar surface area (TPSA) is 104 Å². The van der Waals surface area contributed by atoms with Crippen molar-refractivity contribution in [2.45, 2.75) is 284 Å². The van der Waals surface area contributed by atoms with Gasteiger partial charge in [-0.3, -0.25) is 9.59 Å². The second-order valence-electron chi connectivity index (χ2n) is 24.4. The van der Waals surface area contributed by atoms with Crippen molar-refractivity contribution in [3.63, 3.8) is 0 Å². The van der Waals surface area contributed by atoms with Crippen LogP contribution in [0.25, 0.3) is 0 Å². The van der Waals surface area contributed by atoms with Gasteiger partial charge in [0.1, 0.15) is 11.5 Å². The van der Waals surface area contributed by atoms with E-state index >= 15 is 4.79 Å². The van der Waals surface area contributed by atoms with Gasteiger partial charge in [-0.2, -0.15) is 0 Å². The van der Waals surface area contributed by atoms with Crippen molar-refractivity contribution in [3.8, 4) is 11.5 Å². The molecule has 0 saturated heterocycles. The first kappa shape index (κ1) is 59.5. The van der Waals surface area contributed by atoms with Crippen molar-refractivity contribution in [2.24, 2.45) is 5.41 Å². The molecule has 0 radical (unpaired) electrons. The molecule has 0 spiro atoms. The SMILES string of the molecule is CCCCCCCCCCCCCC(S)(CCCCCCCCCCCC)OC(=O)C(Cc1cc(C(C)(C)C)c(O)c(C(C)(C)C)c1)(Cc1cc(C(C)(C)C)c(O)c(C(C)(C)C)c1)C(=O)O. The molecule has 378 valence electrons. The Morgan fingerprint density at radius 1 is 0.455 bits per heavy atom. The molecule has 0 fully saturated rings. The molecular weight excluding hydrogens is 837 g/mol. The second-order valence-corrected chi connectivity index (χ2v) is 25.2. The number of hydrogen-bond donors (Lipinski definition) is 4. The van der Waals surface area contributed by atoms with Crippen LogP contribution in [0.15, 0.2) is 24.3 Å². The van der Waals surface area contributed by atoms with E-state index in [0.717, 1.165) is 38.5 Å². The zero-order valence-corrected chi connectivity index (χ0v) is 45.9. The summed E-state index contributed by atoms with van der Waals surface area (Å²) < 4.78 is 6.67. The molecule has 66 heavy (non-hydrogen) atoms. The van der Waals surface area contributed by atoms with Gasteiger partial charge < -0.3 is 20.1 Å². The van der Waals surface area contributed by atoms with Crippen LogP contribution in [0.1, 0.15) is 278 Å². The highest BCUT2D eigenvalue weighted by Crippen LogP contribution is 2.45. The van der Waals surface area contributed by atoms with E-state index in [1.165, 1.54) is 96.3 Å². The lowest BCUT2D eigenvalue weighted by Gasteiger charge is -2.36. The highest BCUT2D eigenvalue weighted by Gasteiger charge is 2.51. The van der Waals surface area contributed by atoms with E-state index in [4.69, 9.17) is 17.4 Å². The number of esters is 1. The van der Waals surface area contributed by atoms with Gasteiger partial charge in [0.25, 0.3) is 0 Å². The van der Waals surface area contributed by atoms with Crippen molar-refractivity contribution in [1.29, 1.82) is 0 Å². The third-order valence-corrected chi connectivity index (χ3v) is 14.3. The van der Waals surface area contributed by atoms with E-state index in [1.807, 2.05) is 107 Å². The molecule has 0 bridgehead atoms. The van der Waals surface area contributed by atoms with E-state index < -0.39 is 43.9 Å². The first-order valence-corrected chi connectivity index (χ1v) is 27.0. The predicted molar refractivity (Wildman–Crippen MR) is 284 cm³/mol. The number of unbranched alkanes of at least 4 members (excludes halogenated alkanes) is 19. The van der Waals surface area contributed by atoms with Gasteiger partial charge in [-0.15, -0.1) is 12.6 Å². The number of aromatic hydroxyl groups is 2. The summed E-state index contributed by atoms with van der Waals surface area (Å²) in [5, 5.41) is 35.0. The molecule has 2 aromatic rings. The Balaban J connectivity index is 2.67. The number of carboxylic acids is 1. The van der Waals surface area contributed by atoms with E-state index in [2.05, 4.69) is 13.8 Å². The molecule has 1 unspecified atom stereocenters. The number of carbonyl (C=O) groups is 2. The lowest BCUT2D eigenvalue weighted by Crippen LogP contribution is -2.47.